The Kier molecular flexibility index (Phi) is 7.63. The lowest BCUT2D eigenvalue weighted by molar-refractivity contribution is 0.284. The zero-order valence-corrected chi connectivity index (χ0v) is 15.0. The minimum absolute atomic E-state index is 0.355. The first kappa shape index (κ1) is 18.3. The molecule has 0 spiro atoms. The van der Waals surface area contributed by atoms with Gasteiger partial charge in [-0.15, -0.1) is 0 Å². The quantitative estimate of drug-likeness (QED) is 0.615. The number of hydrogen-bond donors (Lipinski definition) is 1. The number of nitrogens with one attached hydrogen (secondary N) is 1. The molecule has 3 heteroatoms. The van der Waals surface area contributed by atoms with Gasteiger partial charge in [-0.25, -0.2) is 0 Å². The highest BCUT2D eigenvalue weighted by Gasteiger charge is 2.12. The van der Waals surface area contributed by atoms with E-state index in [0.29, 0.717) is 12.6 Å². The molecular formula is C21H29NO2. The van der Waals surface area contributed by atoms with E-state index in [1.54, 1.807) is 7.11 Å². The molecule has 2 rings (SSSR count). The smallest absolute Gasteiger partial charge is 0.161 e. The van der Waals surface area contributed by atoms with E-state index in [9.17, 15) is 0 Å². The van der Waals surface area contributed by atoms with Crippen LogP contribution < -0.4 is 14.8 Å². The third-order valence-corrected chi connectivity index (χ3v) is 4.16. The zero-order chi connectivity index (χ0) is 17.2. The molecule has 0 bridgehead atoms. The van der Waals surface area contributed by atoms with Crippen LogP contribution in [0.5, 0.6) is 11.5 Å². The molecule has 0 aliphatic rings. The van der Waals surface area contributed by atoms with Crippen molar-refractivity contribution in [1.29, 1.82) is 0 Å². The number of hydrogen-bond acceptors (Lipinski definition) is 3. The standard InChI is InChI=1S/C21H29NO2/c1-4-6-14-22-19(5-2)18-12-13-20(21(15-18)23-3)24-16-17-10-8-7-9-11-17/h7-13,15,19,22H,4-6,14,16H2,1-3H3. The van der Waals surface area contributed by atoms with Crippen LogP contribution in [-0.4, -0.2) is 13.7 Å². The average molecular weight is 327 g/mol. The second kappa shape index (κ2) is 9.99. The summed E-state index contributed by atoms with van der Waals surface area (Å²) >= 11 is 0. The maximum atomic E-state index is 5.94. The Bertz CT molecular complexity index is 598. The Morgan fingerprint density at radius 2 is 1.79 bits per heavy atom. The van der Waals surface area contributed by atoms with Gasteiger partial charge in [0.05, 0.1) is 7.11 Å². The Morgan fingerprint density at radius 1 is 1.00 bits per heavy atom. The molecule has 1 atom stereocenters. The van der Waals surface area contributed by atoms with Gasteiger partial charge in [0.15, 0.2) is 11.5 Å². The van der Waals surface area contributed by atoms with Gasteiger partial charge in [0.2, 0.25) is 0 Å². The largest absolute Gasteiger partial charge is 0.493 e. The van der Waals surface area contributed by atoms with Crippen molar-refractivity contribution in [2.45, 2.75) is 45.8 Å². The van der Waals surface area contributed by atoms with Gasteiger partial charge in [0.25, 0.3) is 0 Å². The highest BCUT2D eigenvalue weighted by atomic mass is 16.5. The number of benzene rings is 2. The van der Waals surface area contributed by atoms with Crippen LogP contribution in [0.1, 0.15) is 50.3 Å². The van der Waals surface area contributed by atoms with Gasteiger partial charge in [-0.1, -0.05) is 56.7 Å². The summed E-state index contributed by atoms with van der Waals surface area (Å²) in [5.74, 6) is 1.58. The van der Waals surface area contributed by atoms with Crippen LogP contribution in [0.3, 0.4) is 0 Å². The summed E-state index contributed by atoms with van der Waals surface area (Å²) in [6.45, 7) is 6.01. The average Bonchev–Trinajstić information content (AvgIpc) is 2.64. The van der Waals surface area contributed by atoms with E-state index in [0.717, 1.165) is 30.0 Å². The molecule has 2 aromatic carbocycles. The topological polar surface area (TPSA) is 30.5 Å². The van der Waals surface area contributed by atoms with Crippen LogP contribution in [0.25, 0.3) is 0 Å². The summed E-state index contributed by atoms with van der Waals surface area (Å²) in [4.78, 5) is 0. The molecule has 24 heavy (non-hydrogen) atoms. The second-order valence-corrected chi connectivity index (χ2v) is 5.95. The lowest BCUT2D eigenvalue weighted by atomic mass is 10.0. The Hall–Kier alpha value is -2.00. The number of unbranched alkanes of at least 4 members (excludes halogenated alkanes) is 1. The van der Waals surface area contributed by atoms with E-state index in [1.165, 1.54) is 18.4 Å². The molecule has 1 unspecified atom stereocenters. The Balaban J connectivity index is 2.05. The van der Waals surface area contributed by atoms with Gasteiger partial charge in [0.1, 0.15) is 6.61 Å². The summed E-state index contributed by atoms with van der Waals surface area (Å²) in [5.41, 5.74) is 2.40. The number of rotatable bonds is 10. The maximum Gasteiger partial charge on any atom is 0.161 e. The van der Waals surface area contributed by atoms with Gasteiger partial charge in [-0.3, -0.25) is 0 Å². The van der Waals surface area contributed by atoms with E-state index in [-0.39, 0.29) is 0 Å². The fourth-order valence-electron chi connectivity index (χ4n) is 2.71. The molecule has 0 heterocycles. The van der Waals surface area contributed by atoms with E-state index in [4.69, 9.17) is 9.47 Å². The fraction of sp³-hybridized carbons (Fsp3) is 0.429. The second-order valence-electron chi connectivity index (χ2n) is 5.95. The molecule has 3 nitrogen and oxygen atoms in total. The molecule has 0 saturated heterocycles. The lowest BCUT2D eigenvalue weighted by Gasteiger charge is -2.19. The highest BCUT2D eigenvalue weighted by molar-refractivity contribution is 5.44. The first-order valence-corrected chi connectivity index (χ1v) is 8.86. The monoisotopic (exact) mass is 327 g/mol. The molecule has 2 aromatic rings. The fourth-order valence-corrected chi connectivity index (χ4v) is 2.71. The summed E-state index contributed by atoms with van der Waals surface area (Å²) in [7, 11) is 1.69. The summed E-state index contributed by atoms with van der Waals surface area (Å²) < 4.78 is 11.5. The van der Waals surface area contributed by atoms with Crippen molar-refractivity contribution in [3.63, 3.8) is 0 Å². The van der Waals surface area contributed by atoms with Crippen molar-refractivity contribution in [3.8, 4) is 11.5 Å². The Labute approximate surface area is 146 Å². The first-order valence-electron chi connectivity index (χ1n) is 8.86. The predicted octanol–water partition coefficient (Wildman–Crippen LogP) is 5.12. The van der Waals surface area contributed by atoms with E-state index in [2.05, 4.69) is 43.4 Å². The highest BCUT2D eigenvalue weighted by Crippen LogP contribution is 2.31. The van der Waals surface area contributed by atoms with Gasteiger partial charge in [-0.05, 0) is 42.6 Å². The summed E-state index contributed by atoms with van der Waals surface area (Å²) in [6, 6.07) is 16.8. The molecule has 130 valence electrons. The lowest BCUT2D eigenvalue weighted by Crippen LogP contribution is -2.21. The third kappa shape index (κ3) is 5.27. The minimum Gasteiger partial charge on any atom is -0.493 e. The molecule has 0 saturated carbocycles. The normalized spacial score (nSPS) is 12.0. The van der Waals surface area contributed by atoms with Gasteiger partial charge in [-0.2, -0.15) is 0 Å². The van der Waals surface area contributed by atoms with Crippen LogP contribution in [-0.2, 0) is 6.61 Å². The van der Waals surface area contributed by atoms with Crippen molar-refractivity contribution < 1.29 is 9.47 Å². The van der Waals surface area contributed by atoms with E-state index in [1.807, 2.05) is 24.3 Å². The molecule has 0 radical (unpaired) electrons. The molecule has 0 amide bonds. The minimum atomic E-state index is 0.355. The number of methoxy groups -OCH3 is 1. The van der Waals surface area contributed by atoms with Crippen molar-refractivity contribution >= 4 is 0 Å². The maximum absolute atomic E-state index is 5.94. The van der Waals surface area contributed by atoms with Crippen LogP contribution in [0, 0.1) is 0 Å². The Morgan fingerprint density at radius 3 is 2.46 bits per heavy atom. The molecule has 1 N–H and O–H groups in total. The van der Waals surface area contributed by atoms with Gasteiger partial charge in [0, 0.05) is 6.04 Å². The van der Waals surface area contributed by atoms with Gasteiger partial charge < -0.3 is 14.8 Å². The van der Waals surface area contributed by atoms with Crippen LogP contribution in [0.4, 0.5) is 0 Å². The first-order chi connectivity index (χ1) is 11.8. The van der Waals surface area contributed by atoms with Crippen LogP contribution >= 0.6 is 0 Å². The molecular weight excluding hydrogens is 298 g/mol. The van der Waals surface area contributed by atoms with Crippen molar-refractivity contribution in [3.05, 3.63) is 59.7 Å². The zero-order valence-electron chi connectivity index (χ0n) is 15.0. The summed E-state index contributed by atoms with van der Waals surface area (Å²) in [5, 5.41) is 3.62. The summed E-state index contributed by atoms with van der Waals surface area (Å²) in [6.07, 6.45) is 3.46. The van der Waals surface area contributed by atoms with Crippen molar-refractivity contribution in [1.82, 2.24) is 5.32 Å². The SMILES string of the molecule is CCCCNC(CC)c1ccc(OCc2ccccc2)c(OC)c1. The van der Waals surface area contributed by atoms with Crippen molar-refractivity contribution in [2.24, 2.45) is 0 Å². The number of ether oxygens (including phenoxy) is 2. The van der Waals surface area contributed by atoms with E-state index >= 15 is 0 Å². The van der Waals surface area contributed by atoms with E-state index < -0.39 is 0 Å². The van der Waals surface area contributed by atoms with Crippen LogP contribution in [0.2, 0.25) is 0 Å². The predicted molar refractivity (Wildman–Crippen MR) is 99.7 cm³/mol. The molecule has 0 aliphatic carbocycles. The third-order valence-electron chi connectivity index (χ3n) is 4.16. The van der Waals surface area contributed by atoms with Crippen LogP contribution in [0.15, 0.2) is 48.5 Å². The van der Waals surface area contributed by atoms with Crippen molar-refractivity contribution in [2.75, 3.05) is 13.7 Å². The molecule has 0 fully saturated rings. The van der Waals surface area contributed by atoms with Gasteiger partial charge >= 0.3 is 0 Å². The molecule has 0 aromatic heterocycles. The molecule has 0 aliphatic heterocycles.